The molecule has 1 aromatic rings. The zero-order chi connectivity index (χ0) is 24.1. The van der Waals surface area contributed by atoms with E-state index in [9.17, 15) is 4.79 Å². The smallest absolute Gasteiger partial charge is 0.224 e. The van der Waals surface area contributed by atoms with Crippen LogP contribution < -0.4 is 5.73 Å². The van der Waals surface area contributed by atoms with Crippen LogP contribution in [0, 0.1) is 12.3 Å². The molecule has 2 aliphatic carbocycles. The van der Waals surface area contributed by atoms with Crippen molar-refractivity contribution >= 4 is 29.8 Å². The van der Waals surface area contributed by atoms with E-state index < -0.39 is 0 Å². The van der Waals surface area contributed by atoms with Crippen LogP contribution in [0.3, 0.4) is 0 Å². The maximum atomic E-state index is 11.8. The second-order valence-electron chi connectivity index (χ2n) is 7.50. The number of halogens is 1. The Morgan fingerprint density at radius 3 is 2.27 bits per heavy atom. The molecule has 3 N–H and O–H groups in total. The Hall–Kier alpha value is -2.87. The number of carbonyl (C=O) groups is 1. The molecule has 8 nitrogen and oxygen atoms in total. The number of aromatic nitrogens is 2. The van der Waals surface area contributed by atoms with Crippen LogP contribution in [0.1, 0.15) is 57.1 Å². The minimum atomic E-state index is 0. The van der Waals surface area contributed by atoms with E-state index in [2.05, 4.69) is 16.0 Å². The lowest BCUT2D eigenvalue weighted by Crippen LogP contribution is -2.16. The van der Waals surface area contributed by atoms with Gasteiger partial charge in [0, 0.05) is 37.6 Å². The van der Waals surface area contributed by atoms with Gasteiger partial charge < -0.3 is 20.1 Å². The van der Waals surface area contributed by atoms with Crippen molar-refractivity contribution < 1.29 is 14.3 Å². The topological polar surface area (TPSA) is 114 Å². The second-order valence-corrected chi connectivity index (χ2v) is 7.50. The molecule has 0 unspecified atom stereocenters. The van der Waals surface area contributed by atoms with E-state index in [4.69, 9.17) is 20.6 Å². The van der Waals surface area contributed by atoms with Gasteiger partial charge in [0.1, 0.15) is 17.3 Å². The number of Topliss-reactive ketones (excluding diaryl/α,β-unsaturated/α-hetero) is 1. The first-order valence-corrected chi connectivity index (χ1v) is 10.9. The van der Waals surface area contributed by atoms with Gasteiger partial charge in [0.15, 0.2) is 5.76 Å². The highest BCUT2D eigenvalue weighted by Gasteiger charge is 2.20. The molecule has 0 saturated heterocycles. The van der Waals surface area contributed by atoms with Crippen molar-refractivity contribution in [2.24, 2.45) is 5.73 Å². The molecule has 0 atom stereocenters. The average Bonchev–Trinajstić information content (AvgIpc) is 2.72. The molecular weight excluding hydrogens is 442 g/mol. The third kappa shape index (κ3) is 11.0. The van der Waals surface area contributed by atoms with Crippen molar-refractivity contribution in [3.8, 4) is 0 Å². The standard InChI is InChI=1S/C11H14N2O.C11H17NO2.C2H6N2.ClH/c1-3-14-10-6-4-5-9-7-12-8(2)13-11(9)10;1-4-14-10-7-5-6-9(11(10)13)8-12(2)3;1-2(3)4;/h6-7H,3-5H2,1-2H3;7-8H,4-6H2,1-3H3;1H3,(H3,3,4);1H/b;9-8-;;. The molecule has 9 heteroatoms. The van der Waals surface area contributed by atoms with Gasteiger partial charge in [0.25, 0.3) is 0 Å². The lowest BCUT2D eigenvalue weighted by molar-refractivity contribution is -0.115. The van der Waals surface area contributed by atoms with Crippen LogP contribution in [0.15, 0.2) is 35.9 Å². The Kier molecular flexibility index (Phi) is 14.5. The Morgan fingerprint density at radius 2 is 1.70 bits per heavy atom. The third-order valence-electron chi connectivity index (χ3n) is 4.23. The summed E-state index contributed by atoms with van der Waals surface area (Å²) in [5.74, 6) is 2.43. The molecule has 0 amide bonds. The number of hydrogen-bond donors (Lipinski definition) is 2. The van der Waals surface area contributed by atoms with Crippen LogP contribution in [-0.4, -0.2) is 53.8 Å². The molecule has 0 radical (unpaired) electrons. The summed E-state index contributed by atoms with van der Waals surface area (Å²) in [6.07, 6.45) is 11.5. The summed E-state index contributed by atoms with van der Waals surface area (Å²) in [6, 6.07) is 0. The van der Waals surface area contributed by atoms with E-state index in [1.165, 1.54) is 12.5 Å². The maximum Gasteiger partial charge on any atom is 0.224 e. The van der Waals surface area contributed by atoms with Gasteiger partial charge in [-0.2, -0.15) is 0 Å². The van der Waals surface area contributed by atoms with Crippen LogP contribution in [0.4, 0.5) is 0 Å². The molecule has 0 fully saturated rings. The molecule has 1 heterocycles. The Morgan fingerprint density at radius 1 is 1.15 bits per heavy atom. The number of rotatable bonds is 5. The summed E-state index contributed by atoms with van der Waals surface area (Å²) in [6.45, 7) is 8.54. The van der Waals surface area contributed by atoms with Crippen molar-refractivity contribution in [3.05, 3.63) is 53.0 Å². The van der Waals surface area contributed by atoms with Crippen molar-refractivity contribution in [2.75, 3.05) is 27.3 Å². The van der Waals surface area contributed by atoms with Crippen LogP contribution in [-0.2, 0) is 20.7 Å². The van der Waals surface area contributed by atoms with Crippen molar-refractivity contribution in [3.63, 3.8) is 0 Å². The van der Waals surface area contributed by atoms with Crippen molar-refractivity contribution in [1.82, 2.24) is 14.9 Å². The number of ether oxygens (including phenoxy) is 2. The van der Waals surface area contributed by atoms with Crippen LogP contribution in [0.25, 0.3) is 5.76 Å². The van der Waals surface area contributed by atoms with E-state index in [1.54, 1.807) is 0 Å². The number of amidine groups is 1. The first kappa shape index (κ1) is 30.1. The summed E-state index contributed by atoms with van der Waals surface area (Å²) in [4.78, 5) is 22.3. The Balaban J connectivity index is 0.000000522. The number of allylic oxidation sites excluding steroid dienone is 3. The van der Waals surface area contributed by atoms with Gasteiger partial charge >= 0.3 is 0 Å². The van der Waals surface area contributed by atoms with Gasteiger partial charge in [0.05, 0.1) is 19.0 Å². The SMILES string of the molecule is CC(=N)N.CCOC1=CCC/C(=C/N(C)C)C1=O.CCOC1=CCCc2cnc(C)nc21.Cl. The third-order valence-corrected chi connectivity index (χ3v) is 4.23. The first-order chi connectivity index (χ1) is 15.2. The van der Waals surface area contributed by atoms with Crippen LogP contribution >= 0.6 is 12.4 Å². The monoisotopic (exact) mass is 479 g/mol. The van der Waals surface area contributed by atoms with Crippen LogP contribution in [0.5, 0.6) is 0 Å². The minimum absolute atomic E-state index is 0. The maximum absolute atomic E-state index is 11.8. The van der Waals surface area contributed by atoms with E-state index in [1.807, 2.05) is 58.2 Å². The highest BCUT2D eigenvalue weighted by Crippen LogP contribution is 2.24. The van der Waals surface area contributed by atoms with Crippen molar-refractivity contribution in [1.29, 1.82) is 5.41 Å². The number of fused-ring (bicyclic) bond motifs is 1. The fraction of sp³-hybridized carbons (Fsp3) is 0.500. The summed E-state index contributed by atoms with van der Waals surface area (Å²) < 4.78 is 10.8. The molecule has 2 aliphatic rings. The van der Waals surface area contributed by atoms with Gasteiger partial charge in [-0.25, -0.2) is 9.97 Å². The molecule has 184 valence electrons. The number of hydrogen-bond acceptors (Lipinski definition) is 7. The van der Waals surface area contributed by atoms with Gasteiger partial charge in [-0.15, -0.1) is 12.4 Å². The predicted molar refractivity (Wildman–Crippen MR) is 135 cm³/mol. The lowest BCUT2D eigenvalue weighted by atomic mass is 9.99. The molecule has 1 aromatic heterocycles. The summed E-state index contributed by atoms with van der Waals surface area (Å²) in [5, 5.41) is 6.28. The highest BCUT2D eigenvalue weighted by molar-refractivity contribution is 6.07. The van der Waals surface area contributed by atoms with Gasteiger partial charge in [-0.05, 0) is 65.5 Å². The summed E-state index contributed by atoms with van der Waals surface area (Å²) in [7, 11) is 3.83. The first-order valence-electron chi connectivity index (χ1n) is 10.9. The molecule has 0 aromatic carbocycles. The summed E-state index contributed by atoms with van der Waals surface area (Å²) >= 11 is 0. The van der Waals surface area contributed by atoms with E-state index in [0.717, 1.165) is 48.5 Å². The second kappa shape index (κ2) is 15.9. The van der Waals surface area contributed by atoms with Gasteiger partial charge in [-0.3, -0.25) is 10.2 Å². The van der Waals surface area contributed by atoms with E-state index >= 15 is 0 Å². The number of ketones is 1. The molecule has 0 bridgehead atoms. The quantitative estimate of drug-likeness (QED) is 0.369. The molecule has 33 heavy (non-hydrogen) atoms. The molecular formula is C24H38ClN5O3. The zero-order valence-electron chi connectivity index (χ0n) is 20.6. The minimum Gasteiger partial charge on any atom is -0.492 e. The fourth-order valence-corrected chi connectivity index (χ4v) is 3.07. The molecule has 0 saturated carbocycles. The highest BCUT2D eigenvalue weighted by atomic mass is 35.5. The van der Waals surface area contributed by atoms with E-state index in [0.29, 0.717) is 19.0 Å². The number of aryl methyl sites for hydroxylation is 2. The average molecular weight is 480 g/mol. The number of nitrogens with two attached hydrogens (primary N) is 1. The Bertz CT molecular complexity index is 875. The molecule has 3 rings (SSSR count). The fourth-order valence-electron chi connectivity index (χ4n) is 3.07. The lowest BCUT2D eigenvalue weighted by Gasteiger charge is -2.16. The van der Waals surface area contributed by atoms with Crippen LogP contribution in [0.2, 0.25) is 0 Å². The van der Waals surface area contributed by atoms with Gasteiger partial charge in [0.2, 0.25) is 5.78 Å². The van der Waals surface area contributed by atoms with E-state index in [-0.39, 0.29) is 24.0 Å². The van der Waals surface area contributed by atoms with Gasteiger partial charge in [-0.1, -0.05) is 0 Å². The zero-order valence-corrected chi connectivity index (χ0v) is 21.4. The van der Waals surface area contributed by atoms with Crippen molar-refractivity contribution in [2.45, 2.75) is 53.4 Å². The summed E-state index contributed by atoms with van der Waals surface area (Å²) in [5.41, 5.74) is 7.70. The predicted octanol–water partition coefficient (Wildman–Crippen LogP) is 4.19. The largest absolute Gasteiger partial charge is 0.492 e. The number of carbonyl (C=O) groups excluding carboxylic acids is 1. The number of nitrogens with zero attached hydrogens (tertiary/aromatic N) is 3. The number of nitrogens with one attached hydrogen (secondary N) is 1. The normalized spacial score (nSPS) is 15.2. The molecule has 0 aliphatic heterocycles. The molecule has 0 spiro atoms. The Labute approximate surface area is 203 Å².